The van der Waals surface area contributed by atoms with Gasteiger partial charge in [-0.25, -0.2) is 4.98 Å². The smallest absolute Gasteiger partial charge is 0.213 e. The van der Waals surface area contributed by atoms with Gasteiger partial charge in [0.15, 0.2) is 0 Å². The van der Waals surface area contributed by atoms with Gasteiger partial charge in [0.05, 0.1) is 24.5 Å². The lowest BCUT2D eigenvalue weighted by Crippen LogP contribution is -1.99. The maximum absolute atomic E-state index is 5.08. The summed E-state index contributed by atoms with van der Waals surface area (Å²) < 4.78 is 7.32. The van der Waals surface area contributed by atoms with Crippen molar-refractivity contribution in [2.24, 2.45) is 4.99 Å². The number of benzene rings is 1. The average molecular weight is 356 g/mol. The summed E-state index contributed by atoms with van der Waals surface area (Å²) in [7, 11) is 1.60. The van der Waals surface area contributed by atoms with Crippen LogP contribution in [-0.2, 0) is 0 Å². The molecule has 0 unspecified atom stereocenters. The maximum atomic E-state index is 5.08. The second kappa shape index (κ2) is 7.03. The zero-order valence-corrected chi connectivity index (χ0v) is 15.5. The van der Waals surface area contributed by atoms with Crippen molar-refractivity contribution in [3.05, 3.63) is 77.9 Å². The van der Waals surface area contributed by atoms with E-state index in [1.165, 1.54) is 0 Å². The lowest BCUT2D eigenvalue weighted by Gasteiger charge is -2.10. The molecule has 0 saturated carbocycles. The summed E-state index contributed by atoms with van der Waals surface area (Å²) in [5.41, 5.74) is 6.28. The van der Waals surface area contributed by atoms with Gasteiger partial charge >= 0.3 is 0 Å². The lowest BCUT2D eigenvalue weighted by molar-refractivity contribution is 0.398. The number of hydrogen-bond acceptors (Lipinski definition) is 4. The third-order valence-corrected chi connectivity index (χ3v) is 4.60. The van der Waals surface area contributed by atoms with Crippen LogP contribution in [0.1, 0.15) is 17.0 Å². The Morgan fingerprint density at radius 3 is 2.70 bits per heavy atom. The van der Waals surface area contributed by atoms with Crippen LogP contribution in [0.5, 0.6) is 5.88 Å². The van der Waals surface area contributed by atoms with Gasteiger partial charge in [0.1, 0.15) is 0 Å². The zero-order chi connectivity index (χ0) is 18.8. The number of aromatic nitrogens is 3. The van der Waals surface area contributed by atoms with Gasteiger partial charge in [0.25, 0.3) is 0 Å². The molecule has 4 rings (SSSR count). The number of fused-ring (bicyclic) bond motifs is 1. The van der Waals surface area contributed by atoms with Gasteiger partial charge in [-0.3, -0.25) is 9.98 Å². The van der Waals surface area contributed by atoms with E-state index in [0.29, 0.717) is 5.88 Å². The van der Waals surface area contributed by atoms with E-state index in [2.05, 4.69) is 63.7 Å². The molecule has 0 radical (unpaired) electrons. The fourth-order valence-corrected chi connectivity index (χ4v) is 3.23. The summed E-state index contributed by atoms with van der Waals surface area (Å²) in [5, 5.41) is 1.13. The molecule has 0 atom stereocenters. The molecule has 0 aliphatic heterocycles. The van der Waals surface area contributed by atoms with Gasteiger partial charge in [-0.15, -0.1) is 0 Å². The summed E-state index contributed by atoms with van der Waals surface area (Å²) in [5.74, 6) is 0.581. The highest BCUT2D eigenvalue weighted by Gasteiger charge is 2.10. The number of rotatable bonds is 4. The van der Waals surface area contributed by atoms with Crippen molar-refractivity contribution in [2.75, 3.05) is 7.11 Å². The van der Waals surface area contributed by atoms with Crippen LogP contribution in [-0.4, -0.2) is 27.9 Å². The first-order valence-electron chi connectivity index (χ1n) is 8.74. The van der Waals surface area contributed by atoms with E-state index in [0.717, 1.165) is 39.2 Å². The monoisotopic (exact) mass is 356 g/mol. The van der Waals surface area contributed by atoms with Crippen LogP contribution in [0.25, 0.3) is 16.6 Å². The van der Waals surface area contributed by atoms with Crippen LogP contribution >= 0.6 is 0 Å². The average Bonchev–Trinajstić information content (AvgIpc) is 2.99. The summed E-state index contributed by atoms with van der Waals surface area (Å²) in [6, 6.07) is 16.2. The number of nitrogens with zero attached hydrogens (tertiary/aromatic N) is 4. The van der Waals surface area contributed by atoms with Gasteiger partial charge in [0.2, 0.25) is 5.88 Å². The molecule has 0 bridgehead atoms. The molecule has 0 saturated heterocycles. The normalized spacial score (nSPS) is 11.4. The molecule has 0 aliphatic rings. The van der Waals surface area contributed by atoms with Gasteiger partial charge in [-0.1, -0.05) is 6.07 Å². The summed E-state index contributed by atoms with van der Waals surface area (Å²) in [6.45, 7) is 4.21. The lowest BCUT2D eigenvalue weighted by atomic mass is 10.2. The zero-order valence-electron chi connectivity index (χ0n) is 15.5. The predicted octanol–water partition coefficient (Wildman–Crippen LogP) is 4.80. The van der Waals surface area contributed by atoms with Crippen LogP contribution in [0.4, 0.5) is 5.69 Å². The number of ether oxygens (including phenoxy) is 1. The van der Waals surface area contributed by atoms with Gasteiger partial charge in [-0.05, 0) is 50.2 Å². The van der Waals surface area contributed by atoms with Crippen molar-refractivity contribution in [2.45, 2.75) is 13.8 Å². The molecule has 27 heavy (non-hydrogen) atoms. The van der Waals surface area contributed by atoms with Crippen LogP contribution in [0, 0.1) is 13.8 Å². The molecule has 0 aliphatic carbocycles. The van der Waals surface area contributed by atoms with Gasteiger partial charge < -0.3 is 9.30 Å². The van der Waals surface area contributed by atoms with Crippen molar-refractivity contribution in [1.82, 2.24) is 14.5 Å². The second-order valence-electron chi connectivity index (χ2n) is 6.36. The SMILES string of the molecule is COc1ccc(N=Cc2cc(C)n(-c3ccc4ncccc4c3)c2C)cn1. The highest BCUT2D eigenvalue weighted by Crippen LogP contribution is 2.23. The molecular weight excluding hydrogens is 336 g/mol. The van der Waals surface area contributed by atoms with E-state index in [1.54, 1.807) is 19.4 Å². The summed E-state index contributed by atoms with van der Waals surface area (Å²) >= 11 is 0. The minimum Gasteiger partial charge on any atom is -0.481 e. The highest BCUT2D eigenvalue weighted by molar-refractivity contribution is 5.85. The molecule has 0 spiro atoms. The largest absolute Gasteiger partial charge is 0.481 e. The minimum absolute atomic E-state index is 0.581. The quantitative estimate of drug-likeness (QED) is 0.494. The topological polar surface area (TPSA) is 52.3 Å². The fourth-order valence-electron chi connectivity index (χ4n) is 3.23. The third-order valence-electron chi connectivity index (χ3n) is 4.60. The van der Waals surface area contributed by atoms with Gasteiger partial charge in [-0.2, -0.15) is 0 Å². The predicted molar refractivity (Wildman–Crippen MR) is 109 cm³/mol. The molecular formula is C22H20N4O. The Hall–Kier alpha value is -3.47. The number of hydrogen-bond donors (Lipinski definition) is 0. The minimum atomic E-state index is 0.581. The Bertz CT molecular complexity index is 1130. The molecule has 3 aromatic heterocycles. The number of aryl methyl sites for hydroxylation is 1. The van der Waals surface area contributed by atoms with Crippen molar-refractivity contribution in [1.29, 1.82) is 0 Å². The number of pyridine rings is 2. The van der Waals surface area contributed by atoms with Gasteiger partial charge in [0, 0.05) is 46.5 Å². The van der Waals surface area contributed by atoms with E-state index < -0.39 is 0 Å². The first-order valence-corrected chi connectivity index (χ1v) is 8.74. The summed E-state index contributed by atoms with van der Waals surface area (Å²) in [4.78, 5) is 13.1. The van der Waals surface area contributed by atoms with E-state index in [-0.39, 0.29) is 0 Å². The molecule has 5 heteroatoms. The molecule has 0 fully saturated rings. The van der Waals surface area contributed by atoms with E-state index in [4.69, 9.17) is 4.74 Å². The second-order valence-corrected chi connectivity index (χ2v) is 6.36. The Kier molecular flexibility index (Phi) is 4.42. The molecule has 4 aromatic rings. The first kappa shape index (κ1) is 17.0. The van der Waals surface area contributed by atoms with Crippen LogP contribution in [0.3, 0.4) is 0 Å². The third kappa shape index (κ3) is 3.31. The van der Waals surface area contributed by atoms with Crippen molar-refractivity contribution in [3.63, 3.8) is 0 Å². The Labute approximate surface area is 158 Å². The molecule has 3 heterocycles. The van der Waals surface area contributed by atoms with Crippen molar-refractivity contribution in [3.8, 4) is 11.6 Å². The van der Waals surface area contributed by atoms with Crippen molar-refractivity contribution < 1.29 is 4.74 Å². The van der Waals surface area contributed by atoms with Crippen LogP contribution in [0.15, 0.2) is 65.9 Å². The van der Waals surface area contributed by atoms with Crippen molar-refractivity contribution >= 4 is 22.8 Å². The standard InChI is InChI=1S/C22H20N4O/c1-15-11-18(13-24-19-6-9-22(27-3)25-14-19)16(2)26(15)20-7-8-21-17(12-20)5-4-10-23-21/h4-14H,1-3H3. The summed E-state index contributed by atoms with van der Waals surface area (Å²) in [6.07, 6.45) is 5.40. The maximum Gasteiger partial charge on any atom is 0.213 e. The highest BCUT2D eigenvalue weighted by atomic mass is 16.5. The molecule has 134 valence electrons. The Morgan fingerprint density at radius 2 is 1.93 bits per heavy atom. The van der Waals surface area contributed by atoms with Crippen LogP contribution in [0.2, 0.25) is 0 Å². The van der Waals surface area contributed by atoms with E-state index in [9.17, 15) is 0 Å². The number of aliphatic imine (C=N–C) groups is 1. The molecule has 0 N–H and O–H groups in total. The van der Waals surface area contributed by atoms with E-state index >= 15 is 0 Å². The molecule has 1 aromatic carbocycles. The fraction of sp³-hybridized carbons (Fsp3) is 0.136. The number of methoxy groups -OCH3 is 1. The van der Waals surface area contributed by atoms with Crippen LogP contribution < -0.4 is 4.74 Å². The molecule has 5 nitrogen and oxygen atoms in total. The molecule has 0 amide bonds. The Balaban J connectivity index is 1.69. The first-order chi connectivity index (χ1) is 13.2. The van der Waals surface area contributed by atoms with E-state index in [1.807, 2.05) is 24.5 Å². The Morgan fingerprint density at radius 1 is 1.04 bits per heavy atom.